The van der Waals surface area contributed by atoms with E-state index < -0.39 is 9.84 Å². The van der Waals surface area contributed by atoms with Gasteiger partial charge in [-0.15, -0.1) is 0 Å². The van der Waals surface area contributed by atoms with Crippen LogP contribution in [0.4, 0.5) is 0 Å². The van der Waals surface area contributed by atoms with Crippen LogP contribution in [0.3, 0.4) is 0 Å². The molecule has 19 heavy (non-hydrogen) atoms. The van der Waals surface area contributed by atoms with E-state index in [1.807, 2.05) is 18.2 Å². The van der Waals surface area contributed by atoms with Crippen molar-refractivity contribution in [1.29, 1.82) is 0 Å². The number of hydrogen-bond donors (Lipinski definition) is 1. The number of amides is 1. The lowest BCUT2D eigenvalue weighted by molar-refractivity contribution is -0.123. The van der Waals surface area contributed by atoms with Gasteiger partial charge in [0.1, 0.15) is 5.75 Å². The Morgan fingerprint density at radius 2 is 2.16 bits per heavy atom. The molecular weight excluding hydrogens is 334 g/mol. The van der Waals surface area contributed by atoms with E-state index in [1.165, 1.54) is 0 Å². The first-order valence-corrected chi connectivity index (χ1v) is 8.45. The van der Waals surface area contributed by atoms with E-state index in [0.29, 0.717) is 12.2 Å². The maximum Gasteiger partial charge on any atom is 0.258 e. The quantitative estimate of drug-likeness (QED) is 0.886. The highest BCUT2D eigenvalue weighted by Gasteiger charge is 2.28. The summed E-state index contributed by atoms with van der Waals surface area (Å²) in [5.41, 5.74) is 0. The summed E-state index contributed by atoms with van der Waals surface area (Å²) in [6.45, 7) is -0.126. The van der Waals surface area contributed by atoms with Crippen LogP contribution in [0.15, 0.2) is 28.7 Å². The van der Waals surface area contributed by atoms with Gasteiger partial charge in [-0.05, 0) is 34.5 Å². The third kappa shape index (κ3) is 4.21. The van der Waals surface area contributed by atoms with Crippen LogP contribution in [-0.4, -0.2) is 38.5 Å². The molecule has 0 aliphatic carbocycles. The Morgan fingerprint density at radius 1 is 1.42 bits per heavy atom. The summed E-state index contributed by atoms with van der Waals surface area (Å²) in [7, 11) is -2.98. The molecule has 1 fully saturated rings. The molecule has 7 heteroatoms. The minimum Gasteiger partial charge on any atom is -0.483 e. The summed E-state index contributed by atoms with van der Waals surface area (Å²) in [5.74, 6) is 0.436. The van der Waals surface area contributed by atoms with Gasteiger partial charge in [0.15, 0.2) is 16.4 Å². The molecule has 0 aromatic heterocycles. The predicted octanol–water partition coefficient (Wildman–Crippen LogP) is 1.13. The molecular formula is C12H14BrNO4S. The van der Waals surface area contributed by atoms with Crippen molar-refractivity contribution in [3.8, 4) is 5.75 Å². The lowest BCUT2D eigenvalue weighted by Gasteiger charge is -2.12. The monoisotopic (exact) mass is 347 g/mol. The zero-order valence-corrected chi connectivity index (χ0v) is 12.5. The summed E-state index contributed by atoms with van der Waals surface area (Å²) in [6, 6.07) is 6.93. The number of hydrogen-bond acceptors (Lipinski definition) is 4. The zero-order valence-electron chi connectivity index (χ0n) is 10.1. The molecule has 1 heterocycles. The number of halogens is 1. The third-order valence-corrected chi connectivity index (χ3v) is 5.22. The second-order valence-electron chi connectivity index (χ2n) is 4.39. The van der Waals surface area contributed by atoms with Crippen molar-refractivity contribution in [2.75, 3.05) is 18.1 Å². The van der Waals surface area contributed by atoms with Crippen LogP contribution in [0, 0.1) is 0 Å². The summed E-state index contributed by atoms with van der Waals surface area (Å²) in [5, 5.41) is 2.67. The molecule has 0 saturated carbocycles. The van der Waals surface area contributed by atoms with Crippen molar-refractivity contribution >= 4 is 31.7 Å². The van der Waals surface area contributed by atoms with Crippen molar-refractivity contribution in [3.63, 3.8) is 0 Å². The van der Waals surface area contributed by atoms with Crippen LogP contribution < -0.4 is 10.1 Å². The Bertz CT molecular complexity index is 573. The molecule has 1 N–H and O–H groups in total. The highest BCUT2D eigenvalue weighted by Crippen LogP contribution is 2.23. The van der Waals surface area contributed by atoms with Gasteiger partial charge in [0.25, 0.3) is 5.91 Å². The lowest BCUT2D eigenvalue weighted by atomic mass is 10.2. The third-order valence-electron chi connectivity index (χ3n) is 2.79. The molecule has 1 aliphatic rings. The first-order chi connectivity index (χ1) is 8.96. The van der Waals surface area contributed by atoms with Gasteiger partial charge in [-0.3, -0.25) is 4.79 Å². The van der Waals surface area contributed by atoms with Crippen molar-refractivity contribution in [2.24, 2.45) is 0 Å². The van der Waals surface area contributed by atoms with Crippen LogP contribution in [-0.2, 0) is 14.6 Å². The molecule has 0 unspecified atom stereocenters. The van der Waals surface area contributed by atoms with Gasteiger partial charge in [-0.1, -0.05) is 12.1 Å². The number of benzene rings is 1. The maximum absolute atomic E-state index is 11.6. The molecule has 1 aliphatic heterocycles. The first-order valence-electron chi connectivity index (χ1n) is 5.83. The van der Waals surface area contributed by atoms with E-state index in [1.54, 1.807) is 6.07 Å². The number of rotatable bonds is 4. The largest absolute Gasteiger partial charge is 0.483 e. The fourth-order valence-electron chi connectivity index (χ4n) is 1.88. The van der Waals surface area contributed by atoms with Gasteiger partial charge in [-0.25, -0.2) is 8.42 Å². The van der Waals surface area contributed by atoms with E-state index in [-0.39, 0.29) is 30.1 Å². The van der Waals surface area contributed by atoms with Crippen molar-refractivity contribution in [2.45, 2.75) is 12.5 Å². The van der Waals surface area contributed by atoms with Gasteiger partial charge in [0.05, 0.1) is 16.0 Å². The molecule has 5 nitrogen and oxygen atoms in total. The molecule has 1 saturated heterocycles. The Hall–Kier alpha value is -1.08. The first kappa shape index (κ1) is 14.3. The summed E-state index contributed by atoms with van der Waals surface area (Å²) >= 11 is 3.31. The molecule has 1 aromatic carbocycles. The summed E-state index contributed by atoms with van der Waals surface area (Å²) < 4.78 is 28.6. The smallest absolute Gasteiger partial charge is 0.258 e. The fraction of sp³-hybridized carbons (Fsp3) is 0.417. The van der Waals surface area contributed by atoms with Crippen LogP contribution in [0.1, 0.15) is 6.42 Å². The van der Waals surface area contributed by atoms with Crippen LogP contribution >= 0.6 is 15.9 Å². The van der Waals surface area contributed by atoms with Crippen LogP contribution in [0.25, 0.3) is 0 Å². The Morgan fingerprint density at radius 3 is 2.79 bits per heavy atom. The Balaban J connectivity index is 1.81. The molecule has 104 valence electrons. The average Bonchev–Trinajstić information content (AvgIpc) is 2.67. The van der Waals surface area contributed by atoms with Gasteiger partial charge < -0.3 is 10.1 Å². The number of para-hydroxylation sites is 1. The fourth-order valence-corrected chi connectivity index (χ4v) is 3.96. The van der Waals surface area contributed by atoms with Crippen molar-refractivity contribution < 1.29 is 17.9 Å². The maximum atomic E-state index is 11.6. The molecule has 0 bridgehead atoms. The summed E-state index contributed by atoms with van der Waals surface area (Å²) in [4.78, 5) is 11.6. The van der Waals surface area contributed by atoms with Gasteiger partial charge in [0.2, 0.25) is 0 Å². The highest BCUT2D eigenvalue weighted by atomic mass is 79.9. The number of sulfone groups is 1. The van der Waals surface area contributed by atoms with Crippen molar-refractivity contribution in [1.82, 2.24) is 5.32 Å². The number of carbonyl (C=O) groups excluding carboxylic acids is 1. The standard InChI is InChI=1S/C12H14BrNO4S/c13-10-3-1-2-4-11(10)18-7-12(15)14-9-5-6-19(16,17)8-9/h1-4,9H,5-8H2,(H,14,15)/t9-/m0/s1. The number of carbonyl (C=O) groups is 1. The van der Waals surface area contributed by atoms with Gasteiger partial charge >= 0.3 is 0 Å². The number of ether oxygens (including phenoxy) is 1. The lowest BCUT2D eigenvalue weighted by Crippen LogP contribution is -2.38. The Labute approximate surface area is 120 Å². The minimum absolute atomic E-state index is 0.0216. The zero-order chi connectivity index (χ0) is 13.9. The van der Waals surface area contributed by atoms with Crippen LogP contribution in [0.5, 0.6) is 5.75 Å². The van der Waals surface area contributed by atoms with E-state index in [4.69, 9.17) is 4.74 Å². The summed E-state index contributed by atoms with van der Waals surface area (Å²) in [6.07, 6.45) is 0.475. The number of nitrogens with one attached hydrogen (secondary N) is 1. The van der Waals surface area contributed by atoms with E-state index >= 15 is 0 Å². The molecule has 0 radical (unpaired) electrons. The molecule has 1 atom stereocenters. The predicted molar refractivity (Wildman–Crippen MR) is 74.8 cm³/mol. The van der Waals surface area contributed by atoms with E-state index in [2.05, 4.69) is 21.2 Å². The molecule has 1 amide bonds. The van der Waals surface area contributed by atoms with E-state index in [0.717, 1.165) is 4.47 Å². The van der Waals surface area contributed by atoms with Gasteiger partial charge in [0, 0.05) is 6.04 Å². The Kier molecular flexibility index (Phi) is 4.46. The topological polar surface area (TPSA) is 72.5 Å². The molecule has 2 rings (SSSR count). The highest BCUT2D eigenvalue weighted by molar-refractivity contribution is 9.10. The van der Waals surface area contributed by atoms with E-state index in [9.17, 15) is 13.2 Å². The SMILES string of the molecule is O=C(COc1ccccc1Br)N[C@H]1CCS(=O)(=O)C1. The molecule has 1 aromatic rings. The average molecular weight is 348 g/mol. The second kappa shape index (κ2) is 5.92. The normalized spacial score (nSPS) is 21.0. The van der Waals surface area contributed by atoms with Crippen LogP contribution in [0.2, 0.25) is 0 Å². The molecule has 0 spiro atoms. The minimum atomic E-state index is -2.98. The van der Waals surface area contributed by atoms with Gasteiger partial charge in [-0.2, -0.15) is 0 Å². The second-order valence-corrected chi connectivity index (χ2v) is 7.47. The van der Waals surface area contributed by atoms with Crippen molar-refractivity contribution in [3.05, 3.63) is 28.7 Å².